The summed E-state index contributed by atoms with van der Waals surface area (Å²) in [7, 11) is 0. The molecule has 0 aromatic carbocycles. The van der Waals surface area contributed by atoms with Crippen LogP contribution < -0.4 is 0 Å². The molecule has 32 valence electrons. The third-order valence-electron chi connectivity index (χ3n) is 0. The smallest absolute Gasteiger partial charge is 0 e. The maximum Gasteiger partial charge on any atom is 0 e. The van der Waals surface area contributed by atoms with Crippen LogP contribution in [0, 0.1) is 75.5 Å². The maximum absolute atomic E-state index is 0. The van der Waals surface area contributed by atoms with E-state index in [-0.39, 0.29) is 92.8 Å². The van der Waals surface area contributed by atoms with Crippen molar-refractivity contribution in [1.29, 1.82) is 0 Å². The third-order valence-corrected chi connectivity index (χ3v) is 0. The zero-order valence-corrected chi connectivity index (χ0v) is 4.24. The van der Waals surface area contributed by atoms with Gasteiger partial charge in [0.25, 0.3) is 0 Å². The normalized spacial score (nSPS) is 0. The first kappa shape index (κ1) is 28.3. The van der Waals surface area contributed by atoms with E-state index >= 15 is 0 Å². The second-order valence-electron chi connectivity index (χ2n) is 0. The van der Waals surface area contributed by atoms with Crippen LogP contribution >= 0.6 is 9.90 Å². The molecule has 0 amide bonds. The average molecular weight is 130 g/mol. The average Bonchev–Trinajstić information content (AvgIpc) is 0. The fourth-order valence-corrected chi connectivity index (χ4v) is 0. The molecule has 0 aliphatic rings. The molecule has 0 aliphatic heterocycles. The first-order valence-corrected chi connectivity index (χ1v) is 0. The first-order chi connectivity index (χ1) is 0. The van der Waals surface area contributed by atoms with Gasteiger partial charge >= 0.3 is 0 Å². The molecule has 0 aliphatic carbocycles. The Labute approximate surface area is 90.7 Å². The molecule has 0 saturated heterocycles. The van der Waals surface area contributed by atoms with Gasteiger partial charge in [-0.2, -0.15) is 9.90 Å². The number of hydrogen-bond donors (Lipinski definition) is 0. The Bertz CT molecular complexity index is 6.00. The molecule has 0 fully saturated rings. The maximum atomic E-state index is 0. The number of hydrogen-bond acceptors (Lipinski definition) is 0. The second-order valence-corrected chi connectivity index (χ2v) is 0. The predicted octanol–water partition coefficient (Wildman–Crippen LogP) is 0.694. The molecule has 3 heteroatoms. The zero-order chi connectivity index (χ0) is 0. The minimum Gasteiger partial charge on any atom is -0.153 e. The van der Waals surface area contributed by atoms with Crippen LogP contribution in [0.2, 0.25) is 0 Å². The Hall–Kier alpha value is 2.95. The van der Waals surface area contributed by atoms with E-state index in [4.69, 9.17) is 0 Å². The van der Waals surface area contributed by atoms with Crippen molar-refractivity contribution in [3.8, 4) is 0 Å². The molecule has 0 heterocycles. The summed E-state index contributed by atoms with van der Waals surface area (Å²) < 4.78 is 0. The quantitative estimate of drug-likeness (QED) is 0.423. The van der Waals surface area contributed by atoms with Crippen LogP contribution in [0.15, 0.2) is 0 Å². The van der Waals surface area contributed by atoms with Crippen molar-refractivity contribution in [2.75, 3.05) is 0 Å². The summed E-state index contributed by atoms with van der Waals surface area (Å²) in [6.45, 7) is 0. The van der Waals surface area contributed by atoms with Gasteiger partial charge in [-0.3, -0.25) is 0 Å². The van der Waals surface area contributed by atoms with Gasteiger partial charge in [0.2, 0.25) is 0 Å². The monoisotopic (exact) mass is 130 g/mol. The number of rotatable bonds is 0. The fourth-order valence-electron chi connectivity index (χ4n) is 0. The van der Waals surface area contributed by atoms with Crippen molar-refractivity contribution < 1.29 is 75.5 Å². The van der Waals surface area contributed by atoms with Crippen molar-refractivity contribution >= 4 is 9.90 Å². The molecular formula is CH7Ar2P. The minimum absolute atomic E-state index is 0. The van der Waals surface area contributed by atoms with Crippen LogP contribution in [0.5, 0.6) is 0 Å². The first-order valence-electron chi connectivity index (χ1n) is 0. The van der Waals surface area contributed by atoms with E-state index in [9.17, 15) is 0 Å². The molecule has 1 unspecified atom stereocenters. The van der Waals surface area contributed by atoms with Gasteiger partial charge in [0.15, 0.2) is 0 Å². The van der Waals surface area contributed by atoms with Crippen LogP contribution in [0.3, 0.4) is 0 Å². The summed E-state index contributed by atoms with van der Waals surface area (Å²) in [6, 6.07) is 0. The van der Waals surface area contributed by atoms with Gasteiger partial charge in [-0.15, -0.1) is 0 Å². The Balaban J connectivity index is 0. The fraction of sp³-hybridized carbons (Fsp3) is 1.00. The molecule has 0 spiro atoms. The van der Waals surface area contributed by atoms with Gasteiger partial charge in [0.05, 0.1) is 0 Å². The van der Waals surface area contributed by atoms with Crippen LogP contribution in [0.1, 0.15) is 7.43 Å². The largest absolute Gasteiger partial charge is 0.153 e. The Morgan fingerprint density at radius 3 is 0.750 bits per heavy atom. The molecule has 0 aromatic heterocycles. The van der Waals surface area contributed by atoms with Gasteiger partial charge in [-0.05, 0) is 0 Å². The minimum atomic E-state index is 0. The van der Waals surface area contributed by atoms with Gasteiger partial charge in [-0.25, -0.2) is 0 Å². The van der Waals surface area contributed by atoms with E-state index in [1.54, 1.807) is 0 Å². The van der Waals surface area contributed by atoms with Crippen molar-refractivity contribution in [2.45, 2.75) is 7.43 Å². The Kier molecular flexibility index (Phi) is 118. The van der Waals surface area contributed by atoms with Gasteiger partial charge < -0.3 is 0 Å². The summed E-state index contributed by atoms with van der Waals surface area (Å²) >= 11 is 0. The van der Waals surface area contributed by atoms with Gasteiger partial charge in [0.1, 0.15) is 0 Å². The standard InChI is InChI=1S/CH4.2Ar.H3P/h1H4;;;1H3. The second kappa shape index (κ2) is 16.8. The van der Waals surface area contributed by atoms with E-state index in [1.807, 2.05) is 0 Å². The molecule has 0 nitrogen and oxygen atoms in total. The van der Waals surface area contributed by atoms with E-state index in [2.05, 4.69) is 0 Å². The molecule has 0 saturated carbocycles. The third kappa shape index (κ3) is 8.87. The van der Waals surface area contributed by atoms with E-state index in [0.717, 1.165) is 0 Å². The topological polar surface area (TPSA) is 0 Å². The molecule has 0 radical (unpaired) electrons. The van der Waals surface area contributed by atoms with Gasteiger partial charge in [-0.1, -0.05) is 7.43 Å². The Morgan fingerprint density at radius 1 is 0.750 bits per heavy atom. The van der Waals surface area contributed by atoms with E-state index in [1.165, 1.54) is 0 Å². The van der Waals surface area contributed by atoms with Crippen LogP contribution in [-0.2, 0) is 0 Å². The predicted molar refractivity (Wildman–Crippen MR) is 17.8 cm³/mol. The Morgan fingerprint density at radius 2 is 0.750 bits per heavy atom. The van der Waals surface area contributed by atoms with E-state index in [0.29, 0.717) is 0 Å². The van der Waals surface area contributed by atoms with Crippen molar-refractivity contribution in [2.24, 2.45) is 0 Å². The summed E-state index contributed by atoms with van der Waals surface area (Å²) in [4.78, 5) is 0. The van der Waals surface area contributed by atoms with Crippen molar-refractivity contribution in [1.82, 2.24) is 0 Å². The van der Waals surface area contributed by atoms with Gasteiger partial charge in [0, 0.05) is 75.5 Å². The summed E-state index contributed by atoms with van der Waals surface area (Å²) in [5, 5.41) is 0. The summed E-state index contributed by atoms with van der Waals surface area (Å²) in [5.41, 5.74) is 0. The van der Waals surface area contributed by atoms with Crippen molar-refractivity contribution in [3.63, 3.8) is 0 Å². The molecule has 0 N–H and O–H groups in total. The molecule has 0 bridgehead atoms. The van der Waals surface area contributed by atoms with Crippen LogP contribution in [0.25, 0.3) is 0 Å². The molecule has 0 rings (SSSR count). The molecule has 0 aromatic rings. The SMILES string of the molecule is C.P.[Ar].[Ar]. The zero-order valence-electron chi connectivity index (χ0n) is 1.41. The van der Waals surface area contributed by atoms with Crippen molar-refractivity contribution in [3.05, 3.63) is 0 Å². The van der Waals surface area contributed by atoms with Crippen LogP contribution in [-0.4, -0.2) is 0 Å². The van der Waals surface area contributed by atoms with Crippen LogP contribution in [0.4, 0.5) is 0 Å². The summed E-state index contributed by atoms with van der Waals surface area (Å²) in [6.07, 6.45) is 0. The molecular weight excluding hydrogens is 123 g/mol. The molecule has 1 atom stereocenters. The van der Waals surface area contributed by atoms with E-state index < -0.39 is 0 Å². The summed E-state index contributed by atoms with van der Waals surface area (Å²) in [5.74, 6) is 0. The molecule has 4 heavy (non-hydrogen) atoms.